The van der Waals surface area contributed by atoms with Gasteiger partial charge in [0, 0.05) is 25.4 Å². The second-order valence-electron chi connectivity index (χ2n) is 3.11. The predicted octanol–water partition coefficient (Wildman–Crippen LogP) is 3.43. The lowest BCUT2D eigenvalue weighted by atomic mass is 10.3. The fourth-order valence-corrected chi connectivity index (χ4v) is 1.40. The molecule has 15 heavy (non-hydrogen) atoms. The van der Waals surface area contributed by atoms with Crippen LogP contribution in [0.25, 0.3) is 0 Å². The molecule has 0 atom stereocenters. The largest absolute Gasteiger partial charge is 0.385 e. The summed E-state index contributed by atoms with van der Waals surface area (Å²) in [5.74, 6) is -0.246. The van der Waals surface area contributed by atoms with Gasteiger partial charge in [0.2, 0.25) is 0 Å². The molecule has 0 unspecified atom stereocenters. The number of benzene rings is 1. The van der Waals surface area contributed by atoms with Crippen molar-refractivity contribution in [2.24, 2.45) is 0 Å². The first kappa shape index (κ1) is 12.5. The van der Waals surface area contributed by atoms with Gasteiger partial charge in [-0.1, -0.05) is 0 Å². The highest BCUT2D eigenvalue weighted by Gasteiger charge is 1.99. The van der Waals surface area contributed by atoms with Gasteiger partial charge in [-0.2, -0.15) is 0 Å². The van der Waals surface area contributed by atoms with Crippen molar-refractivity contribution in [3.05, 3.63) is 28.5 Å². The highest BCUT2D eigenvalue weighted by molar-refractivity contribution is 9.10. The van der Waals surface area contributed by atoms with Crippen LogP contribution in [0.5, 0.6) is 0 Å². The SMILES string of the molecule is CCOCCCNc1ccc(Br)c(F)c1. The third-order valence-corrected chi connectivity index (χ3v) is 2.56. The molecule has 4 heteroatoms. The van der Waals surface area contributed by atoms with Gasteiger partial charge in [-0.3, -0.25) is 0 Å². The Hall–Kier alpha value is -0.610. The Bertz CT molecular complexity index is 307. The van der Waals surface area contributed by atoms with E-state index in [9.17, 15) is 4.39 Å². The monoisotopic (exact) mass is 275 g/mol. The summed E-state index contributed by atoms with van der Waals surface area (Å²) in [5, 5.41) is 3.13. The fraction of sp³-hybridized carbons (Fsp3) is 0.455. The first-order chi connectivity index (χ1) is 7.24. The Balaban J connectivity index is 2.28. The minimum atomic E-state index is -0.246. The van der Waals surface area contributed by atoms with Gasteiger partial charge in [-0.25, -0.2) is 4.39 Å². The van der Waals surface area contributed by atoms with E-state index >= 15 is 0 Å². The van der Waals surface area contributed by atoms with Crippen LogP contribution in [0, 0.1) is 5.82 Å². The van der Waals surface area contributed by atoms with Crippen LogP contribution in [0.1, 0.15) is 13.3 Å². The molecule has 1 aromatic rings. The number of nitrogens with one attached hydrogen (secondary N) is 1. The van der Waals surface area contributed by atoms with Gasteiger partial charge in [0.05, 0.1) is 4.47 Å². The molecule has 0 radical (unpaired) electrons. The van der Waals surface area contributed by atoms with E-state index in [1.54, 1.807) is 6.07 Å². The molecule has 84 valence electrons. The summed E-state index contributed by atoms with van der Waals surface area (Å²) >= 11 is 3.11. The van der Waals surface area contributed by atoms with Crippen LogP contribution in [0.4, 0.5) is 10.1 Å². The molecule has 0 aliphatic carbocycles. The maximum absolute atomic E-state index is 13.1. The van der Waals surface area contributed by atoms with Crippen molar-refractivity contribution >= 4 is 21.6 Å². The van der Waals surface area contributed by atoms with Gasteiger partial charge in [-0.15, -0.1) is 0 Å². The molecular weight excluding hydrogens is 261 g/mol. The molecule has 0 spiro atoms. The van der Waals surface area contributed by atoms with E-state index in [1.165, 1.54) is 6.07 Å². The number of hydrogen-bond donors (Lipinski definition) is 1. The summed E-state index contributed by atoms with van der Waals surface area (Å²) in [7, 11) is 0. The van der Waals surface area contributed by atoms with Crippen molar-refractivity contribution in [3.8, 4) is 0 Å². The van der Waals surface area contributed by atoms with Crippen LogP contribution < -0.4 is 5.32 Å². The number of halogens is 2. The molecular formula is C11H15BrFNO. The molecule has 2 nitrogen and oxygen atoms in total. The Labute approximate surface area is 98.0 Å². The van der Waals surface area contributed by atoms with Crippen molar-refractivity contribution in [1.82, 2.24) is 0 Å². The molecule has 1 rings (SSSR count). The summed E-state index contributed by atoms with van der Waals surface area (Å²) in [4.78, 5) is 0. The number of hydrogen-bond acceptors (Lipinski definition) is 2. The highest BCUT2D eigenvalue weighted by Crippen LogP contribution is 2.19. The summed E-state index contributed by atoms with van der Waals surface area (Å²) in [6, 6.07) is 5.01. The number of rotatable bonds is 6. The molecule has 0 saturated carbocycles. The predicted molar refractivity (Wildman–Crippen MR) is 63.7 cm³/mol. The third-order valence-electron chi connectivity index (χ3n) is 1.92. The van der Waals surface area contributed by atoms with Gasteiger partial charge in [-0.05, 0) is 47.5 Å². The smallest absolute Gasteiger partial charge is 0.139 e. The van der Waals surface area contributed by atoms with Crippen molar-refractivity contribution < 1.29 is 9.13 Å². The van der Waals surface area contributed by atoms with Crippen molar-refractivity contribution in [1.29, 1.82) is 0 Å². The molecule has 0 aliphatic heterocycles. The second kappa shape index (κ2) is 6.80. The van der Waals surface area contributed by atoms with Gasteiger partial charge in [0.15, 0.2) is 0 Å². The van der Waals surface area contributed by atoms with Crippen molar-refractivity contribution in [3.63, 3.8) is 0 Å². The van der Waals surface area contributed by atoms with E-state index in [-0.39, 0.29) is 5.82 Å². The van der Waals surface area contributed by atoms with Gasteiger partial charge in [0.25, 0.3) is 0 Å². The van der Waals surface area contributed by atoms with E-state index in [4.69, 9.17) is 4.74 Å². The average Bonchev–Trinajstić information content (AvgIpc) is 2.23. The van der Waals surface area contributed by atoms with Gasteiger partial charge < -0.3 is 10.1 Å². The lowest BCUT2D eigenvalue weighted by Crippen LogP contribution is -2.05. The van der Waals surface area contributed by atoms with Crippen LogP contribution in [-0.2, 0) is 4.74 Å². The van der Waals surface area contributed by atoms with Gasteiger partial charge in [0.1, 0.15) is 5.82 Å². The van der Waals surface area contributed by atoms with Crippen molar-refractivity contribution in [2.75, 3.05) is 25.1 Å². The Kier molecular flexibility index (Phi) is 5.65. The molecule has 0 saturated heterocycles. The molecule has 1 aromatic carbocycles. The fourth-order valence-electron chi connectivity index (χ4n) is 1.16. The summed E-state index contributed by atoms with van der Waals surface area (Å²) in [5.41, 5.74) is 0.798. The molecule has 0 aliphatic rings. The molecule has 0 heterocycles. The van der Waals surface area contributed by atoms with E-state index in [2.05, 4.69) is 21.2 Å². The van der Waals surface area contributed by atoms with Crippen LogP contribution >= 0.6 is 15.9 Å². The van der Waals surface area contributed by atoms with E-state index in [0.717, 1.165) is 31.9 Å². The minimum Gasteiger partial charge on any atom is -0.385 e. The maximum atomic E-state index is 13.1. The second-order valence-corrected chi connectivity index (χ2v) is 3.96. The van der Waals surface area contributed by atoms with Crippen LogP contribution in [0.3, 0.4) is 0 Å². The standard InChI is InChI=1S/C11H15BrFNO/c1-2-15-7-3-6-14-9-4-5-10(12)11(13)8-9/h4-5,8,14H,2-3,6-7H2,1H3. The zero-order chi connectivity index (χ0) is 11.1. The van der Waals surface area contributed by atoms with E-state index < -0.39 is 0 Å². The van der Waals surface area contributed by atoms with E-state index in [1.807, 2.05) is 13.0 Å². The Morgan fingerprint density at radius 2 is 2.27 bits per heavy atom. The van der Waals surface area contributed by atoms with Crippen LogP contribution in [0.2, 0.25) is 0 Å². The first-order valence-corrected chi connectivity index (χ1v) is 5.80. The highest BCUT2D eigenvalue weighted by atomic mass is 79.9. The minimum absolute atomic E-state index is 0.246. The Morgan fingerprint density at radius 3 is 2.93 bits per heavy atom. The normalized spacial score (nSPS) is 10.3. The van der Waals surface area contributed by atoms with Crippen LogP contribution in [-0.4, -0.2) is 19.8 Å². The van der Waals surface area contributed by atoms with E-state index in [0.29, 0.717) is 4.47 Å². The first-order valence-electron chi connectivity index (χ1n) is 5.00. The quantitative estimate of drug-likeness (QED) is 0.804. The lowest BCUT2D eigenvalue weighted by Gasteiger charge is -2.06. The summed E-state index contributed by atoms with van der Waals surface area (Å²) < 4.78 is 18.8. The molecule has 0 amide bonds. The van der Waals surface area contributed by atoms with Gasteiger partial charge >= 0.3 is 0 Å². The zero-order valence-electron chi connectivity index (χ0n) is 8.72. The number of anilines is 1. The van der Waals surface area contributed by atoms with Crippen LogP contribution in [0.15, 0.2) is 22.7 Å². The molecule has 0 bridgehead atoms. The molecule has 0 aromatic heterocycles. The molecule has 1 N–H and O–H groups in total. The van der Waals surface area contributed by atoms with Crippen molar-refractivity contribution in [2.45, 2.75) is 13.3 Å². The third kappa shape index (κ3) is 4.62. The lowest BCUT2D eigenvalue weighted by molar-refractivity contribution is 0.147. The topological polar surface area (TPSA) is 21.3 Å². The Morgan fingerprint density at radius 1 is 1.47 bits per heavy atom. The summed E-state index contributed by atoms with van der Waals surface area (Å²) in [6.07, 6.45) is 0.922. The number of ether oxygens (including phenoxy) is 1. The molecule has 0 fully saturated rings. The maximum Gasteiger partial charge on any atom is 0.139 e. The average molecular weight is 276 g/mol. The zero-order valence-corrected chi connectivity index (χ0v) is 10.3. The summed E-state index contributed by atoms with van der Waals surface area (Å²) in [6.45, 7) is 4.24.